The molecule has 0 saturated carbocycles. The number of nitrogen functional groups attached to an aromatic ring is 1. The minimum atomic E-state index is 0.287. The van der Waals surface area contributed by atoms with Crippen LogP contribution < -0.4 is 5.73 Å². The van der Waals surface area contributed by atoms with Crippen molar-refractivity contribution in [2.75, 3.05) is 12.8 Å². The van der Waals surface area contributed by atoms with Crippen LogP contribution in [0.5, 0.6) is 0 Å². The van der Waals surface area contributed by atoms with Gasteiger partial charge in [-0.2, -0.15) is 0 Å². The zero-order valence-corrected chi connectivity index (χ0v) is 5.74. The molecule has 1 aromatic rings. The van der Waals surface area contributed by atoms with Crippen LogP contribution in [-0.2, 0) is 11.3 Å². The van der Waals surface area contributed by atoms with Gasteiger partial charge < -0.3 is 10.5 Å². The molecule has 0 spiro atoms. The summed E-state index contributed by atoms with van der Waals surface area (Å²) in [7, 11) is 1.61. The fraction of sp³-hybridized carbons (Fsp3) is 0.333. The monoisotopic (exact) mass is 139 g/mol. The molecule has 4 heteroatoms. The molecule has 0 atom stereocenters. The lowest BCUT2D eigenvalue weighted by Crippen LogP contribution is -1.98. The van der Waals surface area contributed by atoms with E-state index in [0.29, 0.717) is 6.61 Å². The Hall–Kier alpha value is -1.16. The van der Waals surface area contributed by atoms with E-state index in [1.807, 2.05) is 0 Å². The van der Waals surface area contributed by atoms with E-state index in [9.17, 15) is 0 Å². The van der Waals surface area contributed by atoms with Gasteiger partial charge in [-0.1, -0.05) is 0 Å². The maximum absolute atomic E-state index is 5.31. The van der Waals surface area contributed by atoms with Gasteiger partial charge >= 0.3 is 0 Å². The average Bonchev–Trinajstić information content (AvgIpc) is 1.88. The number of hydrogen-bond acceptors (Lipinski definition) is 4. The highest BCUT2D eigenvalue weighted by Crippen LogP contribution is 1.96. The van der Waals surface area contributed by atoms with E-state index in [2.05, 4.69) is 9.97 Å². The molecule has 4 nitrogen and oxygen atoms in total. The first-order chi connectivity index (χ1) is 4.83. The fourth-order valence-corrected chi connectivity index (χ4v) is 0.641. The van der Waals surface area contributed by atoms with Crippen LogP contribution in [0.3, 0.4) is 0 Å². The van der Waals surface area contributed by atoms with Gasteiger partial charge in [-0.25, -0.2) is 9.97 Å². The lowest BCUT2D eigenvalue weighted by Gasteiger charge is -1.97. The molecule has 0 aliphatic rings. The first kappa shape index (κ1) is 6.95. The number of rotatable bonds is 2. The van der Waals surface area contributed by atoms with Crippen molar-refractivity contribution >= 4 is 5.95 Å². The van der Waals surface area contributed by atoms with Crippen molar-refractivity contribution in [3.63, 3.8) is 0 Å². The third-order valence-electron chi connectivity index (χ3n) is 1.02. The van der Waals surface area contributed by atoms with E-state index in [4.69, 9.17) is 10.5 Å². The van der Waals surface area contributed by atoms with Gasteiger partial charge in [0.1, 0.15) is 0 Å². The summed E-state index contributed by atoms with van der Waals surface area (Å²) in [5.74, 6) is 0.287. The highest BCUT2D eigenvalue weighted by atomic mass is 16.5. The van der Waals surface area contributed by atoms with Crippen LogP contribution in [0.15, 0.2) is 12.3 Å². The molecule has 0 aliphatic heterocycles. The molecule has 10 heavy (non-hydrogen) atoms. The zero-order chi connectivity index (χ0) is 7.40. The van der Waals surface area contributed by atoms with Crippen molar-refractivity contribution in [2.45, 2.75) is 6.61 Å². The van der Waals surface area contributed by atoms with Crippen LogP contribution in [0.4, 0.5) is 5.95 Å². The largest absolute Gasteiger partial charge is 0.378 e. The fourth-order valence-electron chi connectivity index (χ4n) is 0.641. The topological polar surface area (TPSA) is 61.0 Å². The summed E-state index contributed by atoms with van der Waals surface area (Å²) in [6, 6.07) is 1.76. The molecule has 0 unspecified atom stereocenters. The minimum absolute atomic E-state index is 0.287. The highest BCUT2D eigenvalue weighted by molar-refractivity contribution is 5.16. The van der Waals surface area contributed by atoms with E-state index in [1.165, 1.54) is 0 Å². The van der Waals surface area contributed by atoms with Gasteiger partial charge in [0, 0.05) is 13.3 Å². The predicted octanol–water partition coefficient (Wildman–Crippen LogP) is 0.205. The van der Waals surface area contributed by atoms with Crippen LogP contribution in [0.25, 0.3) is 0 Å². The van der Waals surface area contributed by atoms with E-state index < -0.39 is 0 Å². The van der Waals surface area contributed by atoms with E-state index in [1.54, 1.807) is 19.4 Å². The number of hydrogen-bond donors (Lipinski definition) is 1. The second-order valence-electron chi connectivity index (χ2n) is 1.84. The predicted molar refractivity (Wildman–Crippen MR) is 37.2 cm³/mol. The van der Waals surface area contributed by atoms with Crippen LogP contribution in [0.2, 0.25) is 0 Å². The molecule has 0 fully saturated rings. The summed E-state index contributed by atoms with van der Waals surface area (Å²) in [5.41, 5.74) is 6.11. The van der Waals surface area contributed by atoms with Gasteiger partial charge in [-0.05, 0) is 6.07 Å². The van der Waals surface area contributed by atoms with Crippen molar-refractivity contribution in [1.82, 2.24) is 9.97 Å². The Morgan fingerprint density at radius 3 is 3.10 bits per heavy atom. The Balaban J connectivity index is 2.75. The smallest absolute Gasteiger partial charge is 0.220 e. The molecule has 0 saturated heterocycles. The summed E-state index contributed by atoms with van der Waals surface area (Å²) in [6.07, 6.45) is 1.61. The van der Waals surface area contributed by atoms with Gasteiger partial charge in [0.2, 0.25) is 5.95 Å². The molecule has 1 heterocycles. The number of ether oxygens (including phenoxy) is 1. The maximum Gasteiger partial charge on any atom is 0.220 e. The lowest BCUT2D eigenvalue weighted by atomic mass is 10.4. The molecule has 1 aromatic heterocycles. The van der Waals surface area contributed by atoms with Crippen molar-refractivity contribution in [1.29, 1.82) is 0 Å². The third-order valence-corrected chi connectivity index (χ3v) is 1.02. The lowest BCUT2D eigenvalue weighted by molar-refractivity contribution is 0.181. The Morgan fingerprint density at radius 1 is 1.70 bits per heavy atom. The van der Waals surface area contributed by atoms with Gasteiger partial charge in [-0.3, -0.25) is 0 Å². The second-order valence-corrected chi connectivity index (χ2v) is 1.84. The van der Waals surface area contributed by atoms with Crippen molar-refractivity contribution < 1.29 is 4.74 Å². The van der Waals surface area contributed by atoms with Gasteiger partial charge in [0.05, 0.1) is 12.3 Å². The summed E-state index contributed by atoms with van der Waals surface area (Å²) in [5, 5.41) is 0. The standard InChI is InChI=1S/C6H9N3O/c1-10-4-5-2-3-8-6(7)9-5/h2-3H,4H2,1H3,(H2,7,8,9). The Bertz CT molecular complexity index is 214. The van der Waals surface area contributed by atoms with Gasteiger partial charge in [-0.15, -0.1) is 0 Å². The number of anilines is 1. The molecular formula is C6H9N3O. The number of methoxy groups -OCH3 is 1. The Kier molecular flexibility index (Phi) is 2.17. The summed E-state index contributed by atoms with van der Waals surface area (Å²) in [6.45, 7) is 0.479. The SMILES string of the molecule is COCc1ccnc(N)n1. The molecule has 0 radical (unpaired) electrons. The van der Waals surface area contributed by atoms with Crippen molar-refractivity contribution in [3.05, 3.63) is 18.0 Å². The third kappa shape index (κ3) is 1.66. The molecule has 0 aromatic carbocycles. The van der Waals surface area contributed by atoms with Gasteiger partial charge in [0.15, 0.2) is 0 Å². The van der Waals surface area contributed by atoms with E-state index in [0.717, 1.165) is 5.69 Å². The molecule has 0 amide bonds. The molecule has 1 rings (SSSR count). The Morgan fingerprint density at radius 2 is 2.50 bits per heavy atom. The van der Waals surface area contributed by atoms with E-state index >= 15 is 0 Å². The first-order valence-corrected chi connectivity index (χ1v) is 2.89. The molecule has 54 valence electrons. The van der Waals surface area contributed by atoms with Crippen LogP contribution in [0.1, 0.15) is 5.69 Å². The maximum atomic E-state index is 5.31. The second kappa shape index (κ2) is 3.12. The van der Waals surface area contributed by atoms with Crippen molar-refractivity contribution in [2.24, 2.45) is 0 Å². The summed E-state index contributed by atoms with van der Waals surface area (Å²) < 4.78 is 4.84. The molecule has 0 bridgehead atoms. The minimum Gasteiger partial charge on any atom is -0.378 e. The number of nitrogens with zero attached hydrogens (tertiary/aromatic N) is 2. The van der Waals surface area contributed by atoms with Crippen LogP contribution >= 0.6 is 0 Å². The van der Waals surface area contributed by atoms with Crippen molar-refractivity contribution in [3.8, 4) is 0 Å². The van der Waals surface area contributed by atoms with Gasteiger partial charge in [0.25, 0.3) is 0 Å². The normalized spacial score (nSPS) is 9.70. The molecule has 2 N–H and O–H groups in total. The average molecular weight is 139 g/mol. The quantitative estimate of drug-likeness (QED) is 0.636. The first-order valence-electron chi connectivity index (χ1n) is 2.89. The van der Waals surface area contributed by atoms with Crippen LogP contribution in [0, 0.1) is 0 Å². The molecule has 0 aliphatic carbocycles. The van der Waals surface area contributed by atoms with E-state index in [-0.39, 0.29) is 5.95 Å². The van der Waals surface area contributed by atoms with Crippen LogP contribution in [-0.4, -0.2) is 17.1 Å². The summed E-state index contributed by atoms with van der Waals surface area (Å²) in [4.78, 5) is 7.64. The number of nitrogens with two attached hydrogens (primary N) is 1. The summed E-state index contributed by atoms with van der Waals surface area (Å²) >= 11 is 0. The molecular weight excluding hydrogens is 130 g/mol. The Labute approximate surface area is 59.1 Å². The zero-order valence-electron chi connectivity index (χ0n) is 5.74. The number of aromatic nitrogens is 2. The highest BCUT2D eigenvalue weighted by Gasteiger charge is 1.92.